The Hall–Kier alpha value is -5.22. The van der Waals surface area contributed by atoms with Gasteiger partial charge in [0, 0.05) is 21.7 Å². The molecule has 0 aliphatic heterocycles. The maximum absolute atomic E-state index is 13.6. The molecule has 0 heterocycles. The van der Waals surface area contributed by atoms with E-state index in [1.165, 1.54) is 32.1 Å². The number of hydrogen-bond donors (Lipinski definition) is 3. The predicted octanol–water partition coefficient (Wildman–Crippen LogP) is 6.24. The number of benzene rings is 4. The zero-order chi connectivity index (χ0) is 31.3. The minimum absolute atomic E-state index is 0.00389. The van der Waals surface area contributed by atoms with Crippen LogP contribution >= 0.6 is 11.8 Å². The fraction of sp³-hybridized carbons (Fsp3) is 0.147. The maximum atomic E-state index is 13.6. The lowest BCUT2D eigenvalue weighted by atomic mass is 10.1. The third kappa shape index (κ3) is 8.65. The Balaban J connectivity index is 1.50. The van der Waals surface area contributed by atoms with E-state index in [-0.39, 0.29) is 17.4 Å². The lowest BCUT2D eigenvalue weighted by Crippen LogP contribution is -2.30. The molecule has 0 saturated carbocycles. The van der Waals surface area contributed by atoms with E-state index in [1.54, 1.807) is 78.9 Å². The number of amides is 3. The standard InChI is InChI=1S/C34H33N3O6S/c1-4-43-29-18-9-8-17-27(29)36-31(38)22-44-26-16-11-15-25(21-26)35-34(40)28(37-33(39)23-12-6-5-7-13-23)20-24-14-10-19-30(41-2)32(24)42-3/h5-21H,4,22H2,1-3H3,(H,35,40)(H,36,38)(H,37,39)/b28-20+. The number of carbonyl (C=O) groups is 3. The van der Waals surface area contributed by atoms with Gasteiger partial charge in [-0.2, -0.15) is 0 Å². The van der Waals surface area contributed by atoms with Gasteiger partial charge in [-0.15, -0.1) is 11.8 Å². The first kappa shape index (κ1) is 31.7. The normalized spacial score (nSPS) is 10.8. The number of hydrogen-bond acceptors (Lipinski definition) is 7. The number of methoxy groups -OCH3 is 2. The van der Waals surface area contributed by atoms with Gasteiger partial charge < -0.3 is 30.2 Å². The van der Waals surface area contributed by atoms with Crippen molar-refractivity contribution in [1.82, 2.24) is 5.32 Å². The van der Waals surface area contributed by atoms with Gasteiger partial charge in [-0.1, -0.05) is 48.5 Å². The first-order valence-electron chi connectivity index (χ1n) is 13.8. The molecule has 10 heteroatoms. The molecular formula is C34H33N3O6S. The molecule has 4 aromatic carbocycles. The first-order chi connectivity index (χ1) is 21.4. The van der Waals surface area contributed by atoms with Crippen molar-refractivity contribution in [2.24, 2.45) is 0 Å². The van der Waals surface area contributed by atoms with Gasteiger partial charge in [-0.3, -0.25) is 14.4 Å². The molecule has 44 heavy (non-hydrogen) atoms. The molecule has 0 unspecified atom stereocenters. The Labute approximate surface area is 260 Å². The van der Waals surface area contributed by atoms with Crippen LogP contribution in [-0.4, -0.2) is 44.3 Å². The van der Waals surface area contributed by atoms with Crippen molar-refractivity contribution in [3.05, 3.63) is 114 Å². The van der Waals surface area contributed by atoms with E-state index in [9.17, 15) is 14.4 Å². The van der Waals surface area contributed by atoms with E-state index in [1.807, 2.05) is 25.1 Å². The maximum Gasteiger partial charge on any atom is 0.272 e. The van der Waals surface area contributed by atoms with E-state index >= 15 is 0 Å². The van der Waals surface area contributed by atoms with E-state index in [0.717, 1.165) is 4.90 Å². The second kappa shape index (κ2) is 15.9. The Morgan fingerprint density at radius 3 is 2.27 bits per heavy atom. The minimum Gasteiger partial charge on any atom is -0.493 e. The highest BCUT2D eigenvalue weighted by molar-refractivity contribution is 8.00. The van der Waals surface area contributed by atoms with Crippen LogP contribution in [0.2, 0.25) is 0 Å². The average molecular weight is 612 g/mol. The van der Waals surface area contributed by atoms with Crippen molar-refractivity contribution in [2.45, 2.75) is 11.8 Å². The number of thioether (sulfide) groups is 1. The third-order valence-electron chi connectivity index (χ3n) is 6.18. The van der Waals surface area contributed by atoms with Crippen LogP contribution in [-0.2, 0) is 9.59 Å². The Morgan fingerprint density at radius 1 is 0.795 bits per heavy atom. The van der Waals surface area contributed by atoms with Crippen LogP contribution < -0.4 is 30.2 Å². The molecule has 0 aliphatic rings. The number of rotatable bonds is 13. The Morgan fingerprint density at radius 2 is 1.52 bits per heavy atom. The molecule has 0 radical (unpaired) electrons. The van der Waals surface area contributed by atoms with Gasteiger partial charge in [-0.25, -0.2) is 0 Å². The van der Waals surface area contributed by atoms with E-state index in [2.05, 4.69) is 16.0 Å². The zero-order valence-electron chi connectivity index (χ0n) is 24.6. The SMILES string of the molecule is CCOc1ccccc1NC(=O)CSc1cccc(NC(=O)/C(=C\c2cccc(OC)c2OC)NC(=O)c2ccccc2)c1. The quantitative estimate of drug-likeness (QED) is 0.121. The van der Waals surface area contributed by atoms with Gasteiger partial charge in [0.2, 0.25) is 5.91 Å². The van der Waals surface area contributed by atoms with Crippen molar-refractivity contribution < 1.29 is 28.6 Å². The monoisotopic (exact) mass is 611 g/mol. The number of carbonyl (C=O) groups excluding carboxylic acids is 3. The van der Waals surface area contributed by atoms with Crippen LogP contribution in [0.4, 0.5) is 11.4 Å². The van der Waals surface area contributed by atoms with Crippen molar-refractivity contribution in [2.75, 3.05) is 37.2 Å². The van der Waals surface area contributed by atoms with Crippen LogP contribution in [0.15, 0.2) is 108 Å². The van der Waals surface area contributed by atoms with Crippen molar-refractivity contribution in [3.63, 3.8) is 0 Å². The van der Waals surface area contributed by atoms with Gasteiger partial charge in [0.25, 0.3) is 11.8 Å². The van der Waals surface area contributed by atoms with Gasteiger partial charge >= 0.3 is 0 Å². The number of anilines is 2. The predicted molar refractivity (Wildman–Crippen MR) is 173 cm³/mol. The van der Waals surface area contributed by atoms with Gasteiger partial charge in [0.05, 0.1) is 32.3 Å². The Bertz CT molecular complexity index is 1640. The lowest BCUT2D eigenvalue weighted by molar-refractivity contribution is -0.114. The van der Waals surface area contributed by atoms with Gasteiger partial charge in [-0.05, 0) is 61.5 Å². The fourth-order valence-electron chi connectivity index (χ4n) is 4.17. The highest BCUT2D eigenvalue weighted by Crippen LogP contribution is 2.32. The number of nitrogens with one attached hydrogen (secondary N) is 3. The molecule has 226 valence electrons. The molecule has 0 aromatic heterocycles. The third-order valence-corrected chi connectivity index (χ3v) is 7.18. The van der Waals surface area contributed by atoms with Crippen LogP contribution in [0.3, 0.4) is 0 Å². The van der Waals surface area contributed by atoms with Gasteiger partial charge in [0.1, 0.15) is 11.4 Å². The van der Waals surface area contributed by atoms with E-state index in [4.69, 9.17) is 14.2 Å². The molecule has 0 bridgehead atoms. The van der Waals surface area contributed by atoms with Gasteiger partial charge in [0.15, 0.2) is 11.5 Å². The molecular weight excluding hydrogens is 578 g/mol. The van der Waals surface area contributed by atoms with Crippen LogP contribution in [0.1, 0.15) is 22.8 Å². The summed E-state index contributed by atoms with van der Waals surface area (Å²) in [6.07, 6.45) is 1.53. The Kier molecular flexibility index (Phi) is 11.4. The van der Waals surface area contributed by atoms with Crippen LogP contribution in [0, 0.1) is 0 Å². The minimum atomic E-state index is -0.549. The summed E-state index contributed by atoms with van der Waals surface area (Å²) in [7, 11) is 3.02. The fourth-order valence-corrected chi connectivity index (χ4v) is 4.93. The summed E-state index contributed by atoms with van der Waals surface area (Å²) in [4.78, 5) is 40.0. The molecule has 4 rings (SSSR count). The molecule has 3 amide bonds. The summed E-state index contributed by atoms with van der Waals surface area (Å²) in [6.45, 7) is 2.37. The van der Waals surface area contributed by atoms with Crippen LogP contribution in [0.5, 0.6) is 17.2 Å². The second-order valence-corrected chi connectivity index (χ2v) is 10.3. The van der Waals surface area contributed by atoms with E-state index in [0.29, 0.717) is 46.4 Å². The number of ether oxygens (including phenoxy) is 3. The summed E-state index contributed by atoms with van der Waals surface area (Å²) in [5.41, 5.74) is 2.01. The van der Waals surface area contributed by atoms with E-state index < -0.39 is 11.8 Å². The molecule has 0 aliphatic carbocycles. The molecule has 0 fully saturated rings. The lowest BCUT2D eigenvalue weighted by Gasteiger charge is -2.14. The smallest absolute Gasteiger partial charge is 0.272 e. The highest BCUT2D eigenvalue weighted by Gasteiger charge is 2.18. The van der Waals surface area contributed by atoms with Crippen molar-refractivity contribution >= 4 is 46.9 Å². The summed E-state index contributed by atoms with van der Waals surface area (Å²) >= 11 is 1.32. The first-order valence-corrected chi connectivity index (χ1v) is 14.7. The summed E-state index contributed by atoms with van der Waals surface area (Å²) in [5, 5.41) is 8.46. The largest absolute Gasteiger partial charge is 0.493 e. The summed E-state index contributed by atoms with van der Waals surface area (Å²) in [5.74, 6) is 0.443. The summed E-state index contributed by atoms with van der Waals surface area (Å²) < 4.78 is 16.5. The number of para-hydroxylation sites is 3. The molecule has 0 spiro atoms. The van der Waals surface area contributed by atoms with Crippen molar-refractivity contribution in [3.8, 4) is 17.2 Å². The molecule has 3 N–H and O–H groups in total. The highest BCUT2D eigenvalue weighted by atomic mass is 32.2. The molecule has 4 aromatic rings. The molecule has 0 atom stereocenters. The average Bonchev–Trinajstić information content (AvgIpc) is 3.05. The topological polar surface area (TPSA) is 115 Å². The second-order valence-electron chi connectivity index (χ2n) is 9.21. The summed E-state index contributed by atoms with van der Waals surface area (Å²) in [6, 6.07) is 28.2. The zero-order valence-corrected chi connectivity index (χ0v) is 25.4. The van der Waals surface area contributed by atoms with Crippen molar-refractivity contribution in [1.29, 1.82) is 0 Å². The van der Waals surface area contributed by atoms with Crippen LogP contribution in [0.25, 0.3) is 6.08 Å². The molecule has 0 saturated heterocycles. The molecule has 9 nitrogen and oxygen atoms in total.